The fourth-order valence-electron chi connectivity index (χ4n) is 1.73. The second kappa shape index (κ2) is 58.6. The van der Waals surface area contributed by atoms with E-state index in [0.29, 0.717) is 0 Å². The summed E-state index contributed by atoms with van der Waals surface area (Å²) in [4.78, 5) is 2.08. The van der Waals surface area contributed by atoms with Gasteiger partial charge < -0.3 is 4.90 Å². The molecule has 0 N–H and O–H groups in total. The zero-order chi connectivity index (χ0) is 30.0. The Bertz CT molecular complexity index is 574. The van der Waals surface area contributed by atoms with Crippen molar-refractivity contribution in [2.45, 2.75) is 82.6 Å². The predicted molar refractivity (Wildman–Crippen MR) is 180 cm³/mol. The Labute approximate surface area is 235 Å². The largest absolute Gasteiger partial charge is 0.378 e. The number of allylic oxidation sites excluding steroid dienone is 3. The van der Waals surface area contributed by atoms with Crippen LogP contribution in [0.3, 0.4) is 0 Å². The van der Waals surface area contributed by atoms with Crippen molar-refractivity contribution in [3.63, 3.8) is 0 Å². The molecular weight excluding hydrogens is 446 g/mol. The van der Waals surface area contributed by atoms with Crippen molar-refractivity contribution in [1.82, 2.24) is 0 Å². The van der Waals surface area contributed by atoms with Crippen molar-refractivity contribution in [3.05, 3.63) is 128 Å². The van der Waals surface area contributed by atoms with Crippen LogP contribution >= 0.6 is 0 Å². The van der Waals surface area contributed by atoms with Crippen LogP contribution < -0.4 is 4.90 Å². The maximum Gasteiger partial charge on any atom is 0.0360 e. The summed E-state index contributed by atoms with van der Waals surface area (Å²) in [7, 11) is 4.07. The normalized spacial score (nSPS) is 7.16. The molecule has 0 aliphatic heterocycles. The minimum atomic E-state index is 0.997. The maximum absolute atomic E-state index is 3.55. The van der Waals surface area contributed by atoms with E-state index in [1.807, 2.05) is 193 Å². The van der Waals surface area contributed by atoms with Crippen molar-refractivity contribution in [2.75, 3.05) is 19.0 Å². The van der Waals surface area contributed by atoms with E-state index < -0.39 is 0 Å². The van der Waals surface area contributed by atoms with Crippen molar-refractivity contribution in [3.8, 4) is 0 Å². The number of hydrogen-bond acceptors (Lipinski definition) is 1. The van der Waals surface area contributed by atoms with Gasteiger partial charge in [0, 0.05) is 19.8 Å². The molecule has 3 rings (SSSR count). The van der Waals surface area contributed by atoms with Crippen LogP contribution in [-0.2, 0) is 0 Å². The first-order valence-corrected chi connectivity index (χ1v) is 14.2. The van der Waals surface area contributed by atoms with E-state index in [1.54, 1.807) is 0 Å². The van der Waals surface area contributed by atoms with Gasteiger partial charge in [-0.15, -0.1) is 6.58 Å². The van der Waals surface area contributed by atoms with Gasteiger partial charge in [-0.3, -0.25) is 0 Å². The molecule has 0 spiro atoms. The molecule has 1 heteroatoms. The number of nitrogens with zero attached hydrogens (tertiary/aromatic N) is 1. The van der Waals surface area contributed by atoms with Crippen LogP contribution in [-0.4, -0.2) is 14.1 Å². The van der Waals surface area contributed by atoms with Crippen LogP contribution in [0.4, 0.5) is 5.69 Å². The molecule has 0 bridgehead atoms. The Morgan fingerprint density at radius 3 is 0.892 bits per heavy atom. The van der Waals surface area contributed by atoms with Gasteiger partial charge in [-0.25, -0.2) is 0 Å². The molecule has 3 aromatic rings. The Hall–Kier alpha value is -3.06. The fourth-order valence-corrected chi connectivity index (χ4v) is 1.73. The molecule has 0 aliphatic rings. The van der Waals surface area contributed by atoms with Crippen molar-refractivity contribution >= 4 is 5.69 Å². The monoisotopic (exact) mass is 509 g/mol. The third-order valence-corrected chi connectivity index (χ3v) is 3.14. The zero-order valence-corrected chi connectivity index (χ0v) is 26.9. The van der Waals surface area contributed by atoms with Crippen LogP contribution in [0.25, 0.3) is 0 Å². The number of para-hydroxylation sites is 1. The Kier molecular flexibility index (Phi) is 74.8. The number of benzene rings is 3. The van der Waals surface area contributed by atoms with Gasteiger partial charge in [0.25, 0.3) is 0 Å². The average molecular weight is 510 g/mol. The summed E-state index contributed by atoms with van der Waals surface area (Å²) in [6, 6.07) is 34.3. The van der Waals surface area contributed by atoms with Crippen molar-refractivity contribution in [2.24, 2.45) is 0 Å². The smallest absolute Gasteiger partial charge is 0.0360 e. The summed E-state index contributed by atoms with van der Waals surface area (Å²) in [5.74, 6) is 0. The lowest BCUT2D eigenvalue weighted by atomic mass is 10.3. The number of rotatable bonds is 3. The van der Waals surface area contributed by atoms with Crippen LogP contribution in [0.5, 0.6) is 0 Å². The fraction of sp³-hybridized carbons (Fsp3) is 0.389. The van der Waals surface area contributed by atoms with E-state index in [0.717, 1.165) is 6.42 Å². The highest BCUT2D eigenvalue weighted by Gasteiger charge is 1.87. The van der Waals surface area contributed by atoms with E-state index in [1.165, 1.54) is 5.69 Å². The van der Waals surface area contributed by atoms with Gasteiger partial charge >= 0.3 is 0 Å². The quantitative estimate of drug-likeness (QED) is 0.317. The third kappa shape index (κ3) is 55.0. The maximum atomic E-state index is 3.55. The van der Waals surface area contributed by atoms with Gasteiger partial charge in [-0.05, 0) is 25.5 Å². The second-order valence-electron chi connectivity index (χ2n) is 5.63. The first kappa shape index (κ1) is 47.2. The van der Waals surface area contributed by atoms with Gasteiger partial charge in [-0.1, -0.05) is 178 Å². The highest BCUT2D eigenvalue weighted by atomic mass is 15.1. The Morgan fingerprint density at radius 1 is 0.514 bits per heavy atom. The summed E-state index contributed by atoms with van der Waals surface area (Å²) in [5, 5.41) is 0. The number of hydrogen-bond donors (Lipinski definition) is 0. The van der Waals surface area contributed by atoms with Crippen LogP contribution in [0.2, 0.25) is 0 Å². The van der Waals surface area contributed by atoms with Crippen molar-refractivity contribution < 1.29 is 0 Å². The molecule has 0 aliphatic carbocycles. The summed E-state index contributed by atoms with van der Waals surface area (Å²) in [6.45, 7) is 25.6. The standard InChI is InChI=1S/C8H11N.2C6H6.C6H10.5C2H6/c1-9(2)8-6-4-3-5-7-8;2*1-2-4-6-5-3-1;1-3-5-6-4-2;5*1-2/h3-7H,1-2H3;2*1-6H;3-4,6H,1,5H2,2H3;5*1-2H3. The van der Waals surface area contributed by atoms with E-state index >= 15 is 0 Å². The van der Waals surface area contributed by atoms with Crippen molar-refractivity contribution in [1.29, 1.82) is 0 Å². The lowest BCUT2D eigenvalue weighted by molar-refractivity contribution is 1.13. The highest BCUT2D eigenvalue weighted by Crippen LogP contribution is 2.07. The molecule has 3 aromatic carbocycles. The first-order valence-electron chi connectivity index (χ1n) is 14.2. The SMILES string of the molecule is C=CCC=CC.CC.CC.CC.CC.CC.CN(C)c1ccccc1.c1ccccc1.c1ccccc1. The summed E-state index contributed by atoms with van der Waals surface area (Å²) in [6.07, 6.45) is 6.95. The molecule has 37 heavy (non-hydrogen) atoms. The summed E-state index contributed by atoms with van der Waals surface area (Å²) < 4.78 is 0. The molecule has 0 saturated heterocycles. The summed E-state index contributed by atoms with van der Waals surface area (Å²) in [5.41, 5.74) is 1.25. The average Bonchev–Trinajstić information content (AvgIpc) is 3.04. The lowest BCUT2D eigenvalue weighted by Gasteiger charge is -2.10. The first-order chi connectivity index (χ1) is 18.2. The topological polar surface area (TPSA) is 3.24 Å². The van der Waals surface area contributed by atoms with E-state index in [9.17, 15) is 0 Å². The van der Waals surface area contributed by atoms with Gasteiger partial charge in [0.1, 0.15) is 0 Å². The van der Waals surface area contributed by atoms with Crippen LogP contribution in [0.1, 0.15) is 82.6 Å². The van der Waals surface area contributed by atoms with Gasteiger partial charge in [0.2, 0.25) is 0 Å². The lowest BCUT2D eigenvalue weighted by Crippen LogP contribution is -2.07. The van der Waals surface area contributed by atoms with E-state index in [4.69, 9.17) is 0 Å². The molecule has 0 radical (unpaired) electrons. The van der Waals surface area contributed by atoms with Gasteiger partial charge in [-0.2, -0.15) is 0 Å². The molecule has 0 amide bonds. The van der Waals surface area contributed by atoms with E-state index in [-0.39, 0.29) is 0 Å². The summed E-state index contributed by atoms with van der Waals surface area (Å²) >= 11 is 0. The molecular formula is C36H63N. The van der Waals surface area contributed by atoms with Crippen LogP contribution in [0.15, 0.2) is 128 Å². The highest BCUT2D eigenvalue weighted by molar-refractivity contribution is 5.43. The molecule has 0 unspecified atom stereocenters. The van der Waals surface area contributed by atoms with Gasteiger partial charge in [0.15, 0.2) is 0 Å². The third-order valence-electron chi connectivity index (χ3n) is 3.14. The minimum Gasteiger partial charge on any atom is -0.378 e. The molecule has 0 fully saturated rings. The Morgan fingerprint density at radius 2 is 0.757 bits per heavy atom. The molecule has 0 aromatic heterocycles. The molecule has 0 heterocycles. The zero-order valence-electron chi connectivity index (χ0n) is 26.9. The Balaban J connectivity index is -0.0000000785. The minimum absolute atomic E-state index is 0.997. The van der Waals surface area contributed by atoms with Crippen LogP contribution in [0, 0.1) is 0 Å². The molecule has 0 atom stereocenters. The molecule has 0 saturated carbocycles. The molecule has 212 valence electrons. The van der Waals surface area contributed by atoms with E-state index in [2.05, 4.69) is 29.7 Å². The number of anilines is 1. The predicted octanol–water partition coefficient (Wildman–Crippen LogP) is 12.4. The van der Waals surface area contributed by atoms with Gasteiger partial charge in [0.05, 0.1) is 0 Å². The second-order valence-corrected chi connectivity index (χ2v) is 5.63. The molecule has 1 nitrogen and oxygen atoms in total.